The Kier molecular flexibility index (Phi) is 4.30. The van der Waals surface area contributed by atoms with Gasteiger partial charge in [-0.1, -0.05) is 25.1 Å². The fourth-order valence-electron chi connectivity index (χ4n) is 1.83. The Balaban J connectivity index is 2.27. The van der Waals surface area contributed by atoms with Gasteiger partial charge < -0.3 is 15.8 Å². The topological polar surface area (TPSA) is 77.2 Å². The van der Waals surface area contributed by atoms with Gasteiger partial charge in [-0.3, -0.25) is 4.79 Å². The van der Waals surface area contributed by atoms with Crippen molar-refractivity contribution >= 4 is 16.8 Å². The number of nitrogens with zero attached hydrogens (tertiary/aromatic N) is 1. The number of nitrogens with two attached hydrogens (primary N) is 1. The highest BCUT2D eigenvalue weighted by molar-refractivity contribution is 6.05. The van der Waals surface area contributed by atoms with Crippen molar-refractivity contribution in [2.45, 2.75) is 6.92 Å². The van der Waals surface area contributed by atoms with Crippen LogP contribution in [0.25, 0.3) is 10.9 Å². The summed E-state index contributed by atoms with van der Waals surface area (Å²) in [5, 5.41) is 3.89. The summed E-state index contributed by atoms with van der Waals surface area (Å²) in [5.74, 6) is -0.0551. The Bertz CT molecular complexity index is 584. The molecule has 0 unspecified atom stereocenters. The van der Waals surface area contributed by atoms with Gasteiger partial charge in [-0.05, 0) is 12.6 Å². The van der Waals surface area contributed by atoms with Crippen LogP contribution < -0.4 is 15.8 Å². The van der Waals surface area contributed by atoms with Gasteiger partial charge in [0, 0.05) is 18.0 Å². The van der Waals surface area contributed by atoms with E-state index in [9.17, 15) is 4.79 Å². The van der Waals surface area contributed by atoms with Crippen LogP contribution in [0, 0.1) is 0 Å². The molecule has 1 aromatic heterocycles. The molecule has 19 heavy (non-hydrogen) atoms. The molecule has 0 saturated heterocycles. The molecule has 0 radical (unpaired) electrons. The summed E-state index contributed by atoms with van der Waals surface area (Å²) in [6, 6.07) is 8.96. The quantitative estimate of drug-likeness (QED) is 0.767. The first-order valence-corrected chi connectivity index (χ1v) is 6.25. The van der Waals surface area contributed by atoms with Crippen LogP contribution in [-0.4, -0.2) is 30.6 Å². The molecule has 0 aliphatic rings. The Morgan fingerprint density at radius 2 is 2.21 bits per heavy atom. The van der Waals surface area contributed by atoms with Crippen molar-refractivity contribution in [3.8, 4) is 5.88 Å². The van der Waals surface area contributed by atoms with Crippen molar-refractivity contribution in [2.75, 3.05) is 19.7 Å². The summed E-state index contributed by atoms with van der Waals surface area (Å²) in [7, 11) is 0. The number of rotatable bonds is 6. The summed E-state index contributed by atoms with van der Waals surface area (Å²) in [5.41, 5.74) is 6.53. The van der Waals surface area contributed by atoms with E-state index in [1.807, 2.05) is 31.2 Å². The molecular formula is C14H17N3O2. The van der Waals surface area contributed by atoms with Gasteiger partial charge in [0.1, 0.15) is 6.61 Å². The van der Waals surface area contributed by atoms with Gasteiger partial charge in [0.25, 0.3) is 0 Å². The van der Waals surface area contributed by atoms with Crippen LogP contribution in [0.2, 0.25) is 0 Å². The fraction of sp³-hybridized carbons (Fsp3) is 0.286. The number of carbonyl (C=O) groups excluding carboxylic acids is 1. The molecule has 0 atom stereocenters. The van der Waals surface area contributed by atoms with Gasteiger partial charge in [-0.25, -0.2) is 4.98 Å². The molecule has 1 amide bonds. The molecule has 0 spiro atoms. The number of fused-ring (bicyclic) bond motifs is 1. The van der Waals surface area contributed by atoms with E-state index in [-0.39, 0.29) is 0 Å². The molecule has 0 bridgehead atoms. The number of likely N-dealkylation sites (N-methyl/N-ethyl adjacent to an activating group) is 1. The van der Waals surface area contributed by atoms with E-state index < -0.39 is 5.91 Å². The number of ether oxygens (including phenoxy) is 1. The number of hydrogen-bond acceptors (Lipinski definition) is 4. The summed E-state index contributed by atoms with van der Waals surface area (Å²) in [6.45, 7) is 4.15. The van der Waals surface area contributed by atoms with Crippen molar-refractivity contribution in [3.05, 3.63) is 35.9 Å². The summed E-state index contributed by atoms with van der Waals surface area (Å²) in [4.78, 5) is 15.8. The number of amides is 1. The molecule has 1 aromatic carbocycles. The second-order valence-corrected chi connectivity index (χ2v) is 4.09. The van der Waals surface area contributed by atoms with Gasteiger partial charge in [0.2, 0.25) is 11.8 Å². The number of nitrogens with one attached hydrogen (secondary N) is 1. The van der Waals surface area contributed by atoms with E-state index in [4.69, 9.17) is 10.5 Å². The smallest absolute Gasteiger partial charge is 0.249 e. The van der Waals surface area contributed by atoms with Crippen molar-refractivity contribution in [3.63, 3.8) is 0 Å². The molecule has 100 valence electrons. The molecule has 0 fully saturated rings. The lowest BCUT2D eigenvalue weighted by Crippen LogP contribution is -2.20. The monoisotopic (exact) mass is 259 g/mol. The van der Waals surface area contributed by atoms with Gasteiger partial charge in [-0.15, -0.1) is 0 Å². The maximum absolute atomic E-state index is 11.5. The zero-order chi connectivity index (χ0) is 13.7. The van der Waals surface area contributed by atoms with E-state index in [0.29, 0.717) is 23.6 Å². The summed E-state index contributed by atoms with van der Waals surface area (Å²) < 4.78 is 5.53. The molecule has 2 aromatic rings. The van der Waals surface area contributed by atoms with Crippen LogP contribution in [0.3, 0.4) is 0 Å². The minimum Gasteiger partial charge on any atom is -0.476 e. The largest absolute Gasteiger partial charge is 0.476 e. The summed E-state index contributed by atoms with van der Waals surface area (Å²) in [6.07, 6.45) is 0. The second-order valence-electron chi connectivity index (χ2n) is 4.09. The zero-order valence-corrected chi connectivity index (χ0v) is 10.8. The number of primary amides is 1. The second kappa shape index (κ2) is 6.15. The highest BCUT2D eigenvalue weighted by Crippen LogP contribution is 2.21. The molecule has 0 saturated carbocycles. The average molecular weight is 259 g/mol. The SMILES string of the molecule is CCNCCOc1cc(C(N)=O)c2ccccc2n1. The average Bonchev–Trinajstić information content (AvgIpc) is 2.42. The lowest BCUT2D eigenvalue weighted by Gasteiger charge is -2.09. The highest BCUT2D eigenvalue weighted by Gasteiger charge is 2.10. The Morgan fingerprint density at radius 1 is 1.42 bits per heavy atom. The van der Waals surface area contributed by atoms with Crippen LogP contribution in [-0.2, 0) is 0 Å². The Labute approximate surface area is 111 Å². The van der Waals surface area contributed by atoms with Crippen LogP contribution in [0.1, 0.15) is 17.3 Å². The van der Waals surface area contributed by atoms with E-state index in [1.165, 1.54) is 0 Å². The lowest BCUT2D eigenvalue weighted by molar-refractivity contribution is 0.100. The van der Waals surface area contributed by atoms with E-state index in [2.05, 4.69) is 10.3 Å². The number of carbonyl (C=O) groups is 1. The highest BCUT2D eigenvalue weighted by atomic mass is 16.5. The van der Waals surface area contributed by atoms with E-state index in [1.54, 1.807) is 6.07 Å². The van der Waals surface area contributed by atoms with Crippen LogP contribution >= 0.6 is 0 Å². The molecular weight excluding hydrogens is 242 g/mol. The van der Waals surface area contributed by atoms with Gasteiger partial charge >= 0.3 is 0 Å². The first kappa shape index (κ1) is 13.3. The van der Waals surface area contributed by atoms with Gasteiger partial charge in [0.15, 0.2) is 0 Å². The first-order chi connectivity index (χ1) is 9.22. The maximum Gasteiger partial charge on any atom is 0.249 e. The third-order valence-corrected chi connectivity index (χ3v) is 2.74. The Hall–Kier alpha value is -2.14. The molecule has 0 aliphatic carbocycles. The number of benzene rings is 1. The standard InChI is InChI=1S/C14H17N3O2/c1-2-16-7-8-19-13-9-11(14(15)18)10-5-3-4-6-12(10)17-13/h3-6,9,16H,2,7-8H2,1H3,(H2,15,18). The third kappa shape index (κ3) is 3.20. The number of hydrogen-bond donors (Lipinski definition) is 2. The predicted octanol–water partition coefficient (Wildman–Crippen LogP) is 1.32. The van der Waals surface area contributed by atoms with Crippen LogP contribution in [0.4, 0.5) is 0 Å². The van der Waals surface area contributed by atoms with Crippen LogP contribution in [0.15, 0.2) is 30.3 Å². The molecule has 3 N–H and O–H groups in total. The minimum absolute atomic E-state index is 0.422. The molecule has 5 heteroatoms. The predicted molar refractivity (Wildman–Crippen MR) is 74.3 cm³/mol. The minimum atomic E-state index is -0.477. The third-order valence-electron chi connectivity index (χ3n) is 2.74. The fourth-order valence-corrected chi connectivity index (χ4v) is 1.83. The van der Waals surface area contributed by atoms with Crippen molar-refractivity contribution in [1.29, 1.82) is 0 Å². The van der Waals surface area contributed by atoms with E-state index in [0.717, 1.165) is 18.5 Å². The molecule has 5 nitrogen and oxygen atoms in total. The molecule has 1 heterocycles. The molecule has 0 aliphatic heterocycles. The number of aromatic nitrogens is 1. The number of para-hydroxylation sites is 1. The van der Waals surface area contributed by atoms with Crippen molar-refractivity contribution < 1.29 is 9.53 Å². The lowest BCUT2D eigenvalue weighted by atomic mass is 10.1. The zero-order valence-electron chi connectivity index (χ0n) is 10.8. The molecule has 2 rings (SSSR count). The first-order valence-electron chi connectivity index (χ1n) is 6.25. The van der Waals surface area contributed by atoms with Gasteiger partial charge in [-0.2, -0.15) is 0 Å². The maximum atomic E-state index is 11.5. The van der Waals surface area contributed by atoms with E-state index >= 15 is 0 Å². The Morgan fingerprint density at radius 3 is 2.95 bits per heavy atom. The van der Waals surface area contributed by atoms with Crippen LogP contribution in [0.5, 0.6) is 5.88 Å². The van der Waals surface area contributed by atoms with Gasteiger partial charge in [0.05, 0.1) is 11.1 Å². The summed E-state index contributed by atoms with van der Waals surface area (Å²) >= 11 is 0. The number of pyridine rings is 1. The normalized spacial score (nSPS) is 10.6. The van der Waals surface area contributed by atoms with Crippen molar-refractivity contribution in [1.82, 2.24) is 10.3 Å². The van der Waals surface area contributed by atoms with Crippen molar-refractivity contribution in [2.24, 2.45) is 5.73 Å².